The molecule has 194 valence electrons. The molecule has 6 rings (SSSR count). The minimum Gasteiger partial charge on any atom is -0.378 e. The number of rotatable bonds is 7. The number of nitriles is 1. The minimum absolute atomic E-state index is 0.226. The Kier molecular flexibility index (Phi) is 5.72. The molecule has 2 aromatic carbocycles. The van der Waals surface area contributed by atoms with Crippen LogP contribution in [0, 0.1) is 17.1 Å². The predicted molar refractivity (Wildman–Crippen MR) is 138 cm³/mol. The zero-order valence-electron chi connectivity index (χ0n) is 20.3. The van der Waals surface area contributed by atoms with Gasteiger partial charge in [0.05, 0.1) is 40.1 Å². The van der Waals surface area contributed by atoms with Gasteiger partial charge < -0.3 is 10.6 Å². The van der Waals surface area contributed by atoms with Crippen molar-refractivity contribution in [2.24, 2.45) is 0 Å². The Labute approximate surface area is 221 Å². The van der Waals surface area contributed by atoms with Crippen LogP contribution in [0.5, 0.6) is 0 Å². The Morgan fingerprint density at radius 1 is 1.18 bits per heavy atom. The summed E-state index contributed by atoms with van der Waals surface area (Å²) in [4.78, 5) is 4.35. The molecule has 0 amide bonds. The van der Waals surface area contributed by atoms with Gasteiger partial charge in [0.15, 0.2) is 0 Å². The standard InChI is InChI=1S/C27H23ClF3N7/c1-26(13-27(30,31)14-26)35-23-16(10-32)11-33-25-20(23)8-18(9-21(25)28)34-24(15-2-4-17(29)5-3-15)22-12-38(37-36-22)19-6-7-19/h2-5,8-9,11-12,19,24,34H,6-7,13-14H2,1H3,(H,33,35). The van der Waals surface area contributed by atoms with Gasteiger partial charge >= 0.3 is 0 Å². The lowest BCUT2D eigenvalue weighted by molar-refractivity contribution is -0.109. The molecular weight excluding hydrogens is 515 g/mol. The van der Waals surface area contributed by atoms with Crippen molar-refractivity contribution in [2.75, 3.05) is 10.6 Å². The van der Waals surface area contributed by atoms with Crippen LogP contribution in [0.25, 0.3) is 10.9 Å². The first kappa shape index (κ1) is 24.5. The number of alkyl halides is 2. The molecule has 0 saturated heterocycles. The van der Waals surface area contributed by atoms with Gasteiger partial charge in [0.1, 0.15) is 17.6 Å². The summed E-state index contributed by atoms with van der Waals surface area (Å²) in [6.07, 6.45) is 4.68. The summed E-state index contributed by atoms with van der Waals surface area (Å²) in [5.74, 6) is -3.11. The monoisotopic (exact) mass is 537 g/mol. The molecule has 1 unspecified atom stereocenters. The van der Waals surface area contributed by atoms with Crippen LogP contribution in [0.3, 0.4) is 0 Å². The van der Waals surface area contributed by atoms with Crippen LogP contribution < -0.4 is 10.6 Å². The average Bonchev–Trinajstić information content (AvgIpc) is 3.59. The van der Waals surface area contributed by atoms with E-state index in [1.807, 2.05) is 10.9 Å². The summed E-state index contributed by atoms with van der Waals surface area (Å²) >= 11 is 6.63. The number of fused-ring (bicyclic) bond motifs is 1. The molecule has 4 aromatic rings. The van der Waals surface area contributed by atoms with E-state index in [2.05, 4.69) is 32.0 Å². The topological polar surface area (TPSA) is 91.5 Å². The molecule has 7 nitrogen and oxygen atoms in total. The van der Waals surface area contributed by atoms with Crippen molar-refractivity contribution in [3.05, 3.63) is 76.5 Å². The molecule has 2 N–H and O–H groups in total. The third kappa shape index (κ3) is 4.63. The van der Waals surface area contributed by atoms with E-state index in [1.165, 1.54) is 18.3 Å². The van der Waals surface area contributed by atoms with Crippen LogP contribution in [-0.4, -0.2) is 31.4 Å². The van der Waals surface area contributed by atoms with Crippen molar-refractivity contribution in [2.45, 2.75) is 56.2 Å². The number of aromatic nitrogens is 4. The Balaban J connectivity index is 1.41. The second kappa shape index (κ2) is 8.88. The molecule has 0 aliphatic heterocycles. The van der Waals surface area contributed by atoms with Gasteiger partial charge in [-0.3, -0.25) is 4.98 Å². The number of hydrogen-bond acceptors (Lipinski definition) is 6. The maximum absolute atomic E-state index is 13.7. The molecule has 2 aliphatic carbocycles. The molecule has 2 saturated carbocycles. The van der Waals surface area contributed by atoms with Crippen LogP contribution in [0.1, 0.15) is 61.5 Å². The number of nitrogens with one attached hydrogen (secondary N) is 2. The molecule has 2 aromatic heterocycles. The first-order valence-corrected chi connectivity index (χ1v) is 12.6. The van der Waals surface area contributed by atoms with Crippen LogP contribution >= 0.6 is 11.6 Å². The Morgan fingerprint density at radius 3 is 2.58 bits per heavy atom. The van der Waals surface area contributed by atoms with E-state index in [4.69, 9.17) is 11.6 Å². The van der Waals surface area contributed by atoms with Gasteiger partial charge in [-0.1, -0.05) is 28.9 Å². The highest BCUT2D eigenvalue weighted by molar-refractivity contribution is 6.35. The number of anilines is 2. The van der Waals surface area contributed by atoms with E-state index in [9.17, 15) is 18.4 Å². The van der Waals surface area contributed by atoms with Crippen molar-refractivity contribution >= 4 is 33.9 Å². The van der Waals surface area contributed by atoms with Crippen molar-refractivity contribution in [1.82, 2.24) is 20.0 Å². The first-order chi connectivity index (χ1) is 18.1. The predicted octanol–water partition coefficient (Wildman–Crippen LogP) is 6.63. The fourth-order valence-corrected chi connectivity index (χ4v) is 5.40. The second-order valence-electron chi connectivity index (χ2n) is 10.4. The highest BCUT2D eigenvalue weighted by atomic mass is 35.5. The molecule has 0 spiro atoms. The lowest BCUT2D eigenvalue weighted by Gasteiger charge is -2.46. The molecule has 38 heavy (non-hydrogen) atoms. The maximum atomic E-state index is 13.7. The van der Waals surface area contributed by atoms with Crippen molar-refractivity contribution < 1.29 is 13.2 Å². The van der Waals surface area contributed by atoms with E-state index in [1.54, 1.807) is 31.2 Å². The average molecular weight is 538 g/mol. The molecule has 2 fully saturated rings. The van der Waals surface area contributed by atoms with Crippen LogP contribution in [-0.2, 0) is 0 Å². The molecule has 1 atom stereocenters. The second-order valence-corrected chi connectivity index (χ2v) is 10.8. The smallest absolute Gasteiger partial charge is 0.252 e. The summed E-state index contributed by atoms with van der Waals surface area (Å²) in [5, 5.41) is 25.8. The van der Waals surface area contributed by atoms with Crippen LogP contribution in [0.4, 0.5) is 24.5 Å². The third-order valence-electron chi connectivity index (χ3n) is 7.03. The van der Waals surface area contributed by atoms with Gasteiger partial charge in [-0.25, -0.2) is 17.9 Å². The van der Waals surface area contributed by atoms with Gasteiger partial charge in [-0.2, -0.15) is 5.26 Å². The first-order valence-electron chi connectivity index (χ1n) is 12.3. The Morgan fingerprint density at radius 2 is 1.92 bits per heavy atom. The van der Waals surface area contributed by atoms with E-state index in [0.717, 1.165) is 18.4 Å². The number of halogens is 4. The lowest BCUT2D eigenvalue weighted by Crippen LogP contribution is -2.54. The highest BCUT2D eigenvalue weighted by Gasteiger charge is 2.54. The molecule has 11 heteroatoms. The number of benzene rings is 2. The highest BCUT2D eigenvalue weighted by Crippen LogP contribution is 2.48. The molecule has 0 bridgehead atoms. The molecular formula is C27H23ClF3N7. The zero-order valence-corrected chi connectivity index (χ0v) is 21.1. The fourth-order valence-electron chi connectivity index (χ4n) is 5.13. The summed E-state index contributed by atoms with van der Waals surface area (Å²) in [5.41, 5.74) is 2.18. The zero-order chi connectivity index (χ0) is 26.7. The van der Waals surface area contributed by atoms with Crippen molar-refractivity contribution in [3.8, 4) is 6.07 Å². The number of hydrogen-bond donors (Lipinski definition) is 2. The SMILES string of the molecule is CC1(Nc2c(C#N)cnc3c(Cl)cc(NC(c4ccc(F)cc4)c4cn(C5CC5)nn4)cc23)CC(F)(F)C1. The largest absolute Gasteiger partial charge is 0.378 e. The Bertz CT molecular complexity index is 1570. The van der Waals surface area contributed by atoms with Gasteiger partial charge in [-0.05, 0) is 49.6 Å². The number of nitrogens with zero attached hydrogens (tertiary/aromatic N) is 5. The summed E-state index contributed by atoms with van der Waals surface area (Å²) in [6.45, 7) is 1.70. The molecule has 2 aliphatic rings. The van der Waals surface area contributed by atoms with E-state index < -0.39 is 17.5 Å². The fraction of sp³-hybridized carbons (Fsp3) is 0.333. The van der Waals surface area contributed by atoms with Crippen molar-refractivity contribution in [3.63, 3.8) is 0 Å². The van der Waals surface area contributed by atoms with Gasteiger partial charge in [0.2, 0.25) is 0 Å². The summed E-state index contributed by atoms with van der Waals surface area (Å²) in [7, 11) is 0. The Hall–Kier alpha value is -3.84. The third-order valence-corrected chi connectivity index (χ3v) is 7.32. The van der Waals surface area contributed by atoms with E-state index in [-0.39, 0.29) is 24.2 Å². The normalized spacial score (nSPS) is 18.4. The molecule has 2 heterocycles. The van der Waals surface area contributed by atoms with Gasteiger partial charge in [0.25, 0.3) is 5.92 Å². The quantitative estimate of drug-likeness (QED) is 0.275. The van der Waals surface area contributed by atoms with Crippen LogP contribution in [0.2, 0.25) is 5.02 Å². The molecule has 0 radical (unpaired) electrons. The summed E-state index contributed by atoms with van der Waals surface area (Å²) in [6, 6.07) is 11.5. The van der Waals surface area contributed by atoms with Crippen LogP contribution in [0.15, 0.2) is 48.8 Å². The maximum Gasteiger partial charge on any atom is 0.252 e. The van der Waals surface area contributed by atoms with Gasteiger partial charge in [0, 0.05) is 35.7 Å². The van der Waals surface area contributed by atoms with Gasteiger partial charge in [-0.15, -0.1) is 5.10 Å². The number of pyridine rings is 1. The van der Waals surface area contributed by atoms with E-state index >= 15 is 0 Å². The lowest BCUT2D eigenvalue weighted by atomic mass is 9.74. The summed E-state index contributed by atoms with van der Waals surface area (Å²) < 4.78 is 43.0. The minimum atomic E-state index is -2.75. The van der Waals surface area contributed by atoms with Crippen molar-refractivity contribution in [1.29, 1.82) is 5.26 Å². The van der Waals surface area contributed by atoms with E-state index in [0.29, 0.717) is 39.0 Å².